The molecule has 2 aromatic heterocycles. The van der Waals surface area contributed by atoms with E-state index in [1.807, 2.05) is 6.26 Å². The molecule has 0 aromatic carbocycles. The molecule has 10 heteroatoms. The van der Waals surface area contributed by atoms with Crippen LogP contribution in [0.15, 0.2) is 4.34 Å². The van der Waals surface area contributed by atoms with Crippen LogP contribution in [0.5, 0.6) is 0 Å². The second kappa shape index (κ2) is 4.80. The molecule has 0 aliphatic rings. The van der Waals surface area contributed by atoms with Crippen LogP contribution in [0, 0.1) is 10.1 Å². The predicted molar refractivity (Wildman–Crippen MR) is 61.1 cm³/mol. The number of hydrogen-bond donors (Lipinski definition) is 0. The molecule has 2 heterocycles. The maximum absolute atomic E-state index is 10.4. The zero-order valence-corrected chi connectivity index (χ0v) is 10.4. The van der Waals surface area contributed by atoms with Gasteiger partial charge in [-0.15, -0.1) is 10.2 Å². The third kappa shape index (κ3) is 2.51. The van der Waals surface area contributed by atoms with Crippen LogP contribution in [0.4, 0.5) is 5.13 Å². The molecule has 0 atom stereocenters. The van der Waals surface area contributed by atoms with Gasteiger partial charge < -0.3 is 10.1 Å². The monoisotopic (exact) mass is 275 g/mol. The lowest BCUT2D eigenvalue weighted by molar-refractivity contribution is -0.385. The summed E-state index contributed by atoms with van der Waals surface area (Å²) in [4.78, 5) is 9.85. The van der Waals surface area contributed by atoms with Gasteiger partial charge in [-0.2, -0.15) is 0 Å². The van der Waals surface area contributed by atoms with Crippen molar-refractivity contribution >= 4 is 39.6 Å². The lowest BCUT2D eigenvalue weighted by Gasteiger charge is -1.84. The summed E-state index contributed by atoms with van der Waals surface area (Å²) in [6.45, 7) is 0. The fraction of sp³-hybridized carbons (Fsp3) is 0.333. The first kappa shape index (κ1) is 11.4. The molecule has 0 aliphatic carbocycles. The average molecular weight is 275 g/mol. The van der Waals surface area contributed by atoms with Crippen molar-refractivity contribution in [3.8, 4) is 0 Å². The molecule has 2 aromatic rings. The van der Waals surface area contributed by atoms with Gasteiger partial charge in [0.05, 0.1) is 11.5 Å². The first-order chi connectivity index (χ1) is 7.69. The largest absolute Gasteiger partial charge is 0.450 e. The minimum atomic E-state index is -0.547. The van der Waals surface area contributed by atoms with Crippen LogP contribution in [0.2, 0.25) is 0 Å². The molecule has 0 aliphatic heterocycles. The molecule has 0 unspecified atom stereocenters. The highest BCUT2D eigenvalue weighted by molar-refractivity contribution is 8.00. The Bertz CT molecular complexity index is 510. The summed E-state index contributed by atoms with van der Waals surface area (Å²) >= 11 is 3.93. The molecule has 2 rings (SSSR count). The number of aromatic nitrogens is 4. The number of nitrogens with zero attached hydrogens (tertiary/aromatic N) is 5. The van der Waals surface area contributed by atoms with E-state index < -0.39 is 4.92 Å². The van der Waals surface area contributed by atoms with Gasteiger partial charge in [0.1, 0.15) is 5.01 Å². The standard InChI is InChI=1S/C6H5N5O2S3/c1-14-6-10-8-4(16-6)2-3-7-9-5(15-3)11(12)13/h2H2,1H3. The highest BCUT2D eigenvalue weighted by atomic mass is 32.2. The Morgan fingerprint density at radius 2 is 1.94 bits per heavy atom. The van der Waals surface area contributed by atoms with E-state index in [9.17, 15) is 10.1 Å². The van der Waals surface area contributed by atoms with Crippen LogP contribution in [0.25, 0.3) is 0 Å². The number of rotatable bonds is 4. The van der Waals surface area contributed by atoms with Crippen molar-refractivity contribution in [1.82, 2.24) is 20.4 Å². The lowest BCUT2D eigenvalue weighted by Crippen LogP contribution is -1.86. The van der Waals surface area contributed by atoms with E-state index >= 15 is 0 Å². The second-order valence-electron chi connectivity index (χ2n) is 2.58. The van der Waals surface area contributed by atoms with Crippen molar-refractivity contribution in [2.75, 3.05) is 6.26 Å². The Morgan fingerprint density at radius 1 is 1.25 bits per heavy atom. The summed E-state index contributed by atoms with van der Waals surface area (Å²) in [5.74, 6) is 0. The van der Waals surface area contributed by atoms with E-state index in [-0.39, 0.29) is 5.13 Å². The normalized spacial score (nSPS) is 10.6. The minimum absolute atomic E-state index is 0.190. The Morgan fingerprint density at radius 3 is 2.50 bits per heavy atom. The summed E-state index contributed by atoms with van der Waals surface area (Å²) in [6, 6.07) is 0. The molecule has 7 nitrogen and oxygen atoms in total. The molecule has 0 fully saturated rings. The third-order valence-corrected chi connectivity index (χ3v) is 4.31. The van der Waals surface area contributed by atoms with Gasteiger partial charge in [0.2, 0.25) is 0 Å². The summed E-state index contributed by atoms with van der Waals surface area (Å²) in [5.41, 5.74) is 0. The maximum Gasteiger partial charge on any atom is 0.450 e. The summed E-state index contributed by atoms with van der Waals surface area (Å²) in [6.07, 6.45) is 2.36. The zero-order chi connectivity index (χ0) is 11.5. The molecular weight excluding hydrogens is 270 g/mol. The molecule has 0 radical (unpaired) electrons. The summed E-state index contributed by atoms with van der Waals surface area (Å²) in [7, 11) is 0. The number of hydrogen-bond acceptors (Lipinski definition) is 9. The van der Waals surface area contributed by atoms with Crippen LogP contribution in [-0.2, 0) is 6.42 Å². The first-order valence-corrected chi connectivity index (χ1v) is 6.88. The van der Waals surface area contributed by atoms with Crippen LogP contribution in [0.3, 0.4) is 0 Å². The predicted octanol–water partition coefficient (Wildman–Crippen LogP) is 1.61. The summed E-state index contributed by atoms with van der Waals surface area (Å²) < 4.78 is 0.869. The fourth-order valence-electron chi connectivity index (χ4n) is 0.911. The van der Waals surface area contributed by atoms with Gasteiger partial charge in [-0.05, 0) is 27.6 Å². The van der Waals surface area contributed by atoms with Gasteiger partial charge in [-0.25, -0.2) is 0 Å². The molecule has 0 saturated heterocycles. The van der Waals surface area contributed by atoms with Crippen molar-refractivity contribution in [1.29, 1.82) is 0 Å². The molecule has 16 heavy (non-hydrogen) atoms. The van der Waals surface area contributed by atoms with Crippen LogP contribution in [0.1, 0.15) is 10.0 Å². The summed E-state index contributed by atoms with van der Waals surface area (Å²) in [5, 5.41) is 26.6. The number of nitro groups is 1. The Kier molecular flexibility index (Phi) is 3.41. The van der Waals surface area contributed by atoms with E-state index in [4.69, 9.17) is 0 Å². The van der Waals surface area contributed by atoms with E-state index in [0.717, 1.165) is 20.7 Å². The number of thioether (sulfide) groups is 1. The van der Waals surface area contributed by atoms with Crippen LogP contribution < -0.4 is 0 Å². The van der Waals surface area contributed by atoms with Crippen molar-refractivity contribution in [2.24, 2.45) is 0 Å². The molecule has 0 saturated carbocycles. The van der Waals surface area contributed by atoms with E-state index in [1.54, 1.807) is 0 Å². The molecule has 0 spiro atoms. The van der Waals surface area contributed by atoms with Crippen LogP contribution in [-0.4, -0.2) is 31.6 Å². The van der Waals surface area contributed by atoms with E-state index in [1.165, 1.54) is 23.1 Å². The van der Waals surface area contributed by atoms with Gasteiger partial charge in [0, 0.05) is 0 Å². The quantitative estimate of drug-likeness (QED) is 0.475. The van der Waals surface area contributed by atoms with Gasteiger partial charge in [0.15, 0.2) is 9.35 Å². The highest BCUT2D eigenvalue weighted by Crippen LogP contribution is 2.24. The SMILES string of the molecule is CSc1nnc(Cc2nnc([N+](=O)[O-])s2)s1. The molecular formula is C6H5N5O2S3. The van der Waals surface area contributed by atoms with Crippen LogP contribution >= 0.6 is 34.4 Å². The Hall–Kier alpha value is -1.13. The van der Waals surface area contributed by atoms with E-state index in [0.29, 0.717) is 11.4 Å². The van der Waals surface area contributed by atoms with Gasteiger partial charge in [-0.1, -0.05) is 23.1 Å². The van der Waals surface area contributed by atoms with Crippen molar-refractivity contribution in [3.05, 3.63) is 20.1 Å². The Balaban J connectivity index is 2.11. The minimum Gasteiger partial charge on any atom is -0.357 e. The van der Waals surface area contributed by atoms with Crippen molar-refractivity contribution in [3.63, 3.8) is 0 Å². The topological polar surface area (TPSA) is 94.7 Å². The first-order valence-electron chi connectivity index (χ1n) is 4.02. The third-order valence-electron chi connectivity index (χ3n) is 1.54. The van der Waals surface area contributed by atoms with Gasteiger partial charge in [0.25, 0.3) is 0 Å². The Labute approximate surface area is 102 Å². The van der Waals surface area contributed by atoms with Crippen molar-refractivity contribution in [2.45, 2.75) is 10.8 Å². The lowest BCUT2D eigenvalue weighted by atomic mass is 10.5. The molecule has 0 bridgehead atoms. The van der Waals surface area contributed by atoms with E-state index in [2.05, 4.69) is 20.4 Å². The van der Waals surface area contributed by atoms with Crippen molar-refractivity contribution < 1.29 is 4.92 Å². The smallest absolute Gasteiger partial charge is 0.357 e. The maximum atomic E-state index is 10.4. The second-order valence-corrected chi connectivity index (χ2v) is 5.73. The molecule has 0 amide bonds. The fourth-order valence-corrected chi connectivity index (χ4v) is 2.98. The molecule has 84 valence electrons. The highest BCUT2D eigenvalue weighted by Gasteiger charge is 2.16. The van der Waals surface area contributed by atoms with Gasteiger partial charge >= 0.3 is 5.13 Å². The van der Waals surface area contributed by atoms with Gasteiger partial charge in [-0.3, -0.25) is 0 Å². The zero-order valence-electron chi connectivity index (χ0n) is 7.98. The average Bonchev–Trinajstić information content (AvgIpc) is 2.87. The molecule has 0 N–H and O–H groups in total.